The molecule has 0 fully saturated rings. The molecule has 0 bridgehead atoms. The summed E-state index contributed by atoms with van der Waals surface area (Å²) in [6, 6.07) is 2.82. The first-order valence-corrected chi connectivity index (χ1v) is 9.89. The summed E-state index contributed by atoms with van der Waals surface area (Å²) in [5.41, 5.74) is -8.51. The van der Waals surface area contributed by atoms with Gasteiger partial charge in [-0.1, -0.05) is 12.1 Å². The van der Waals surface area contributed by atoms with Crippen molar-refractivity contribution in [2.45, 2.75) is 17.8 Å². The zero-order valence-corrected chi connectivity index (χ0v) is 16.2. The van der Waals surface area contributed by atoms with Crippen LogP contribution in [0.25, 0.3) is 0 Å². The van der Waals surface area contributed by atoms with Gasteiger partial charge in [-0.05, 0) is 35.4 Å². The molecule has 6 nitrogen and oxygen atoms in total. The van der Waals surface area contributed by atoms with Crippen LogP contribution in [0.1, 0.15) is 11.1 Å². The van der Waals surface area contributed by atoms with Gasteiger partial charge in [-0.25, -0.2) is 8.42 Å². The number of sulfonamides is 1. The Morgan fingerprint density at radius 1 is 0.800 bits per heavy atom. The lowest BCUT2D eigenvalue weighted by atomic mass is 9.72. The van der Waals surface area contributed by atoms with E-state index in [2.05, 4.69) is 5.32 Å². The quantitative estimate of drug-likeness (QED) is 0.402. The minimum Gasteiger partial charge on any atom is -0.506 e. The van der Waals surface area contributed by atoms with Gasteiger partial charge in [-0.3, -0.25) is 4.72 Å². The molecule has 0 spiro atoms. The fourth-order valence-electron chi connectivity index (χ4n) is 3.00. The van der Waals surface area contributed by atoms with Crippen molar-refractivity contribution in [2.75, 3.05) is 23.3 Å². The van der Waals surface area contributed by atoms with Crippen LogP contribution in [0.4, 0.5) is 37.7 Å². The topological polar surface area (TPSA) is 98.7 Å². The third-order valence-electron chi connectivity index (χ3n) is 4.27. The van der Waals surface area contributed by atoms with Crippen molar-refractivity contribution in [3.05, 3.63) is 47.5 Å². The third-order valence-corrected chi connectivity index (χ3v) is 4.86. The lowest BCUT2D eigenvalue weighted by Gasteiger charge is -2.38. The largest absolute Gasteiger partial charge is 0.506 e. The summed E-state index contributed by atoms with van der Waals surface area (Å²) in [4.78, 5) is 0. The zero-order valence-electron chi connectivity index (χ0n) is 15.4. The molecule has 30 heavy (non-hydrogen) atoms. The van der Waals surface area contributed by atoms with Gasteiger partial charge in [-0.15, -0.1) is 0 Å². The van der Waals surface area contributed by atoms with E-state index >= 15 is 0 Å². The van der Waals surface area contributed by atoms with Crippen LogP contribution in [0.2, 0.25) is 0 Å². The van der Waals surface area contributed by atoms with E-state index < -0.39 is 61.8 Å². The van der Waals surface area contributed by atoms with Crippen LogP contribution in [0.3, 0.4) is 0 Å². The van der Waals surface area contributed by atoms with E-state index in [0.29, 0.717) is 36.6 Å². The fraction of sp³-hybridized carbons (Fsp3) is 0.294. The molecule has 0 aliphatic heterocycles. The second-order valence-corrected chi connectivity index (χ2v) is 8.08. The molecule has 0 aliphatic carbocycles. The summed E-state index contributed by atoms with van der Waals surface area (Å²) < 4.78 is 109. The maximum atomic E-state index is 14.1. The van der Waals surface area contributed by atoms with Crippen molar-refractivity contribution in [2.24, 2.45) is 0 Å². The van der Waals surface area contributed by atoms with Crippen LogP contribution in [0.15, 0.2) is 36.4 Å². The predicted molar refractivity (Wildman–Crippen MR) is 97.1 cm³/mol. The number of hydrogen-bond donors (Lipinski definition) is 4. The number of rotatable bonds is 5. The van der Waals surface area contributed by atoms with Crippen molar-refractivity contribution in [3.63, 3.8) is 0 Å². The van der Waals surface area contributed by atoms with E-state index in [-0.39, 0.29) is 6.07 Å². The van der Waals surface area contributed by atoms with Gasteiger partial charge in [0, 0.05) is 7.05 Å². The Balaban J connectivity index is 2.96. The molecular weight excluding hydrogens is 442 g/mol. The number of alkyl halides is 6. The Bertz CT molecular complexity index is 1040. The smallest absolute Gasteiger partial charge is 0.411 e. The Kier molecular flexibility index (Phi) is 5.82. The van der Waals surface area contributed by atoms with Crippen LogP contribution in [-0.2, 0) is 15.4 Å². The molecule has 0 unspecified atom stereocenters. The first-order chi connectivity index (χ1) is 13.5. The highest BCUT2D eigenvalue weighted by atomic mass is 32.2. The highest BCUT2D eigenvalue weighted by molar-refractivity contribution is 7.92. The molecule has 0 aromatic heterocycles. The molecular formula is C17H16F6N2O4S. The van der Waals surface area contributed by atoms with Crippen LogP contribution in [0.5, 0.6) is 11.5 Å². The number of hydrogen-bond acceptors (Lipinski definition) is 5. The molecule has 166 valence electrons. The molecule has 0 aliphatic rings. The number of nitrogens with one attached hydrogen (secondary N) is 2. The molecule has 2 aromatic carbocycles. The van der Waals surface area contributed by atoms with Gasteiger partial charge in [-0.2, -0.15) is 26.3 Å². The van der Waals surface area contributed by atoms with Crippen molar-refractivity contribution in [1.29, 1.82) is 0 Å². The second kappa shape index (κ2) is 7.45. The molecule has 0 saturated carbocycles. The molecule has 4 N–H and O–H groups in total. The van der Waals surface area contributed by atoms with Crippen LogP contribution >= 0.6 is 0 Å². The summed E-state index contributed by atoms with van der Waals surface area (Å²) in [7, 11) is -2.94. The van der Waals surface area contributed by atoms with Gasteiger partial charge in [0.1, 0.15) is 11.5 Å². The highest BCUT2D eigenvalue weighted by Gasteiger charge is 2.72. The fourth-order valence-corrected chi connectivity index (χ4v) is 3.57. The van der Waals surface area contributed by atoms with Crippen molar-refractivity contribution >= 4 is 21.4 Å². The van der Waals surface area contributed by atoms with Crippen LogP contribution < -0.4 is 10.0 Å². The average molecular weight is 458 g/mol. The summed E-state index contributed by atoms with van der Waals surface area (Å²) in [6.45, 7) is 0. The number of phenolic OH excluding ortho intramolecular Hbond substituents is 2. The lowest BCUT2D eigenvalue weighted by molar-refractivity contribution is -0.288. The van der Waals surface area contributed by atoms with E-state index in [4.69, 9.17) is 0 Å². The van der Waals surface area contributed by atoms with Crippen molar-refractivity contribution in [1.82, 2.24) is 0 Å². The standard InChI is InChI=1S/C17H16F6N2O4S/c1-24-11-7-9(3-5-13(11)26)15(16(18,19)20,17(21,22)23)10-4-6-14(27)12(8-10)25-30(2,28)29/h3-8,24-27H,1-2H3. The first kappa shape index (κ1) is 23.4. The summed E-state index contributed by atoms with van der Waals surface area (Å²) in [5.74, 6) is -1.45. The van der Waals surface area contributed by atoms with Crippen LogP contribution in [-0.4, -0.2) is 44.3 Å². The Labute approximate surface area is 167 Å². The Morgan fingerprint density at radius 2 is 1.20 bits per heavy atom. The molecule has 2 rings (SSSR count). The molecule has 0 amide bonds. The number of benzene rings is 2. The molecule has 0 radical (unpaired) electrons. The van der Waals surface area contributed by atoms with Crippen molar-refractivity contribution < 1.29 is 45.0 Å². The first-order valence-electron chi connectivity index (χ1n) is 8.00. The van der Waals surface area contributed by atoms with Gasteiger partial charge in [0.05, 0.1) is 17.6 Å². The molecule has 0 atom stereocenters. The third kappa shape index (κ3) is 4.06. The summed E-state index contributed by atoms with van der Waals surface area (Å²) in [5, 5.41) is 21.7. The van der Waals surface area contributed by atoms with E-state index in [1.807, 2.05) is 0 Å². The van der Waals surface area contributed by atoms with Crippen LogP contribution in [0, 0.1) is 0 Å². The van der Waals surface area contributed by atoms with Gasteiger partial charge in [0.15, 0.2) is 0 Å². The molecule has 2 aromatic rings. The Hall–Kier alpha value is -2.83. The van der Waals surface area contributed by atoms with E-state index in [1.165, 1.54) is 7.05 Å². The predicted octanol–water partition coefficient (Wildman–Crippen LogP) is 3.92. The number of aromatic hydroxyl groups is 2. The minimum absolute atomic E-state index is 0.267. The molecule has 0 saturated heterocycles. The Morgan fingerprint density at radius 3 is 1.57 bits per heavy atom. The maximum Gasteiger partial charge on any atom is 0.411 e. The summed E-state index contributed by atoms with van der Waals surface area (Å²) in [6.07, 6.45) is -11.3. The monoisotopic (exact) mass is 458 g/mol. The van der Waals surface area contributed by atoms with Gasteiger partial charge in [0.25, 0.3) is 0 Å². The molecule has 0 heterocycles. The van der Waals surface area contributed by atoms with E-state index in [1.54, 1.807) is 4.72 Å². The van der Waals surface area contributed by atoms with E-state index in [9.17, 15) is 45.0 Å². The SMILES string of the molecule is CNc1cc(C(c2ccc(O)c(NS(C)(=O)=O)c2)(C(F)(F)F)C(F)(F)F)ccc1O. The number of anilines is 2. The number of halogens is 6. The van der Waals surface area contributed by atoms with Gasteiger partial charge >= 0.3 is 12.4 Å². The normalized spacial score (nSPS) is 13.2. The minimum atomic E-state index is -5.94. The zero-order chi connectivity index (χ0) is 23.1. The lowest BCUT2D eigenvalue weighted by Crippen LogP contribution is -2.54. The van der Waals surface area contributed by atoms with E-state index in [0.717, 1.165) is 0 Å². The maximum absolute atomic E-state index is 14.1. The number of phenols is 2. The summed E-state index contributed by atoms with van der Waals surface area (Å²) >= 11 is 0. The molecule has 13 heteroatoms. The second-order valence-electron chi connectivity index (χ2n) is 6.33. The average Bonchev–Trinajstić information content (AvgIpc) is 2.55. The highest BCUT2D eigenvalue weighted by Crippen LogP contribution is 2.57. The van der Waals surface area contributed by atoms with Crippen molar-refractivity contribution in [3.8, 4) is 11.5 Å². The van der Waals surface area contributed by atoms with Gasteiger partial charge in [0.2, 0.25) is 15.4 Å². The van der Waals surface area contributed by atoms with Gasteiger partial charge < -0.3 is 15.5 Å².